The molecule has 128 valence electrons. The fraction of sp³-hybridized carbons (Fsp3) is 0.125. The van der Waals surface area contributed by atoms with Gasteiger partial charge >= 0.3 is 6.61 Å². The fourth-order valence-corrected chi connectivity index (χ4v) is 4.05. The zero-order valence-corrected chi connectivity index (χ0v) is 15.0. The molecule has 4 rings (SSSR count). The van der Waals surface area contributed by atoms with E-state index < -0.39 is 12.7 Å². The maximum absolute atomic E-state index is 12.8. The summed E-state index contributed by atoms with van der Waals surface area (Å²) in [5, 5.41) is 7.44. The zero-order chi connectivity index (χ0) is 17.4. The molecular weight excluding hydrogens is 414 g/mol. The molecule has 0 bridgehead atoms. The van der Waals surface area contributed by atoms with Crippen molar-refractivity contribution in [3.63, 3.8) is 0 Å². The number of para-hydroxylation sites is 1. The molecule has 3 heterocycles. The molecule has 1 aliphatic rings. The van der Waals surface area contributed by atoms with Crippen molar-refractivity contribution in [2.45, 2.75) is 12.7 Å². The van der Waals surface area contributed by atoms with E-state index in [1.165, 1.54) is 12.4 Å². The van der Waals surface area contributed by atoms with Crippen molar-refractivity contribution in [3.8, 4) is 5.75 Å². The van der Waals surface area contributed by atoms with Crippen molar-refractivity contribution in [1.29, 1.82) is 0 Å². The lowest BCUT2D eigenvalue weighted by atomic mass is 10.0. The summed E-state index contributed by atoms with van der Waals surface area (Å²) in [6.45, 7) is -2.89. The Labute approximate surface area is 154 Å². The number of alkyl halides is 2. The number of anilines is 1. The number of hydrogen-bond acceptors (Lipinski definition) is 5. The molecule has 9 heteroatoms. The molecule has 0 saturated carbocycles. The SMILES string of the molecule is FC(F)Oc1ccccc1[C@H]1C=C(c2ccc(Br)s2)Nc2ncnn21. The van der Waals surface area contributed by atoms with Crippen LogP contribution in [0.25, 0.3) is 5.70 Å². The van der Waals surface area contributed by atoms with Gasteiger partial charge in [-0.3, -0.25) is 0 Å². The summed E-state index contributed by atoms with van der Waals surface area (Å²) in [4.78, 5) is 5.21. The highest BCUT2D eigenvalue weighted by atomic mass is 79.9. The zero-order valence-electron chi connectivity index (χ0n) is 12.6. The lowest BCUT2D eigenvalue weighted by Gasteiger charge is -2.25. The highest BCUT2D eigenvalue weighted by Gasteiger charge is 2.26. The summed E-state index contributed by atoms with van der Waals surface area (Å²) in [5.74, 6) is 0.660. The molecule has 0 spiro atoms. The van der Waals surface area contributed by atoms with Gasteiger partial charge in [-0.15, -0.1) is 11.3 Å². The second kappa shape index (κ2) is 6.57. The first-order chi connectivity index (χ1) is 12.1. The average molecular weight is 425 g/mol. The normalized spacial score (nSPS) is 16.3. The number of nitrogens with one attached hydrogen (secondary N) is 1. The van der Waals surface area contributed by atoms with Crippen LogP contribution >= 0.6 is 27.3 Å². The van der Waals surface area contributed by atoms with E-state index in [0.29, 0.717) is 11.5 Å². The highest BCUT2D eigenvalue weighted by Crippen LogP contribution is 2.38. The third-order valence-corrected chi connectivity index (χ3v) is 5.36. The first-order valence-electron chi connectivity index (χ1n) is 7.29. The van der Waals surface area contributed by atoms with E-state index in [4.69, 9.17) is 0 Å². The Hall–Kier alpha value is -2.26. The van der Waals surface area contributed by atoms with Gasteiger partial charge in [0, 0.05) is 5.56 Å². The van der Waals surface area contributed by atoms with Crippen molar-refractivity contribution in [3.05, 3.63) is 63.0 Å². The largest absolute Gasteiger partial charge is 0.434 e. The molecule has 25 heavy (non-hydrogen) atoms. The van der Waals surface area contributed by atoms with Gasteiger partial charge in [-0.05, 0) is 40.2 Å². The second-order valence-corrected chi connectivity index (χ2v) is 7.66. The Morgan fingerprint density at radius 1 is 1.24 bits per heavy atom. The Bertz CT molecular complexity index is 940. The Morgan fingerprint density at radius 3 is 2.84 bits per heavy atom. The summed E-state index contributed by atoms with van der Waals surface area (Å²) in [7, 11) is 0. The number of aromatic nitrogens is 3. The van der Waals surface area contributed by atoms with E-state index in [2.05, 4.69) is 36.1 Å². The predicted octanol–water partition coefficient (Wildman–Crippen LogP) is 4.76. The fourth-order valence-electron chi connectivity index (χ4n) is 2.69. The van der Waals surface area contributed by atoms with Crippen molar-refractivity contribution >= 4 is 38.9 Å². The molecule has 3 aromatic rings. The number of fused-ring (bicyclic) bond motifs is 1. The van der Waals surface area contributed by atoms with E-state index in [1.54, 1.807) is 34.2 Å². The molecular formula is C16H11BrF2N4OS. The van der Waals surface area contributed by atoms with E-state index in [-0.39, 0.29) is 5.75 Å². The minimum absolute atomic E-state index is 0.119. The van der Waals surface area contributed by atoms with Gasteiger partial charge in [0.2, 0.25) is 5.95 Å². The van der Waals surface area contributed by atoms with Gasteiger partial charge < -0.3 is 10.1 Å². The lowest BCUT2D eigenvalue weighted by molar-refractivity contribution is -0.0506. The van der Waals surface area contributed by atoms with Crippen molar-refractivity contribution in [2.24, 2.45) is 0 Å². The van der Waals surface area contributed by atoms with Gasteiger partial charge in [0.15, 0.2) is 0 Å². The molecule has 1 atom stereocenters. The van der Waals surface area contributed by atoms with E-state index in [9.17, 15) is 8.78 Å². The molecule has 5 nitrogen and oxygen atoms in total. The molecule has 2 aromatic heterocycles. The van der Waals surface area contributed by atoms with Crippen LogP contribution in [0, 0.1) is 0 Å². The standard InChI is InChI=1S/C16H11BrF2N4OS/c17-14-6-5-13(25-14)10-7-11(23-16(22-10)20-8-21-23)9-3-1-2-4-12(9)24-15(18)19/h1-8,11,15H,(H,20,21,22)/t11-/m1/s1. The van der Waals surface area contributed by atoms with E-state index in [1.807, 2.05) is 18.2 Å². The predicted molar refractivity (Wildman–Crippen MR) is 94.9 cm³/mol. The van der Waals surface area contributed by atoms with Crippen LogP contribution in [0.15, 0.2) is 52.6 Å². The second-order valence-electron chi connectivity index (χ2n) is 5.20. The van der Waals surface area contributed by atoms with Crippen LogP contribution in [0.3, 0.4) is 0 Å². The smallest absolute Gasteiger partial charge is 0.387 e. The van der Waals surface area contributed by atoms with Gasteiger partial charge in [-0.1, -0.05) is 18.2 Å². The maximum Gasteiger partial charge on any atom is 0.387 e. The number of rotatable bonds is 4. The third-order valence-electron chi connectivity index (χ3n) is 3.70. The minimum Gasteiger partial charge on any atom is -0.434 e. The van der Waals surface area contributed by atoms with Crippen LogP contribution in [0.1, 0.15) is 16.5 Å². The van der Waals surface area contributed by atoms with Crippen LogP contribution in [-0.4, -0.2) is 21.4 Å². The van der Waals surface area contributed by atoms with Crippen LogP contribution in [0.5, 0.6) is 5.75 Å². The number of ether oxygens (including phenoxy) is 1. The van der Waals surface area contributed by atoms with Gasteiger partial charge in [-0.2, -0.15) is 18.9 Å². The van der Waals surface area contributed by atoms with Gasteiger partial charge in [0.1, 0.15) is 18.1 Å². The summed E-state index contributed by atoms with van der Waals surface area (Å²) in [5.41, 5.74) is 1.43. The number of benzene rings is 1. The lowest BCUT2D eigenvalue weighted by Crippen LogP contribution is -2.20. The summed E-state index contributed by atoms with van der Waals surface area (Å²) in [6, 6.07) is 10.2. The quantitative estimate of drug-likeness (QED) is 0.655. The number of hydrogen-bond donors (Lipinski definition) is 1. The minimum atomic E-state index is -2.89. The summed E-state index contributed by atoms with van der Waals surface area (Å²) < 4.78 is 32.8. The van der Waals surface area contributed by atoms with Crippen molar-refractivity contribution in [2.75, 3.05) is 5.32 Å². The molecule has 1 N–H and O–H groups in total. The third kappa shape index (κ3) is 3.16. The molecule has 0 saturated heterocycles. The van der Waals surface area contributed by atoms with Gasteiger partial charge in [0.05, 0.1) is 14.4 Å². The molecule has 0 amide bonds. The average Bonchev–Trinajstić information content (AvgIpc) is 3.22. The molecule has 0 radical (unpaired) electrons. The van der Waals surface area contributed by atoms with Crippen molar-refractivity contribution in [1.82, 2.24) is 14.8 Å². The Kier molecular flexibility index (Phi) is 4.26. The highest BCUT2D eigenvalue weighted by molar-refractivity contribution is 9.11. The summed E-state index contributed by atoms with van der Waals surface area (Å²) in [6.07, 6.45) is 3.35. The first kappa shape index (κ1) is 16.2. The monoisotopic (exact) mass is 424 g/mol. The molecule has 1 aromatic carbocycles. The topological polar surface area (TPSA) is 52.0 Å². The van der Waals surface area contributed by atoms with Gasteiger partial charge in [-0.25, -0.2) is 4.68 Å². The maximum atomic E-state index is 12.8. The Morgan fingerprint density at radius 2 is 2.08 bits per heavy atom. The first-order valence-corrected chi connectivity index (χ1v) is 8.90. The van der Waals surface area contributed by atoms with Crippen LogP contribution < -0.4 is 10.1 Å². The number of halogens is 3. The van der Waals surface area contributed by atoms with Crippen LogP contribution in [-0.2, 0) is 0 Å². The van der Waals surface area contributed by atoms with E-state index in [0.717, 1.165) is 14.4 Å². The Balaban J connectivity index is 1.81. The molecule has 0 aliphatic carbocycles. The molecule has 0 fully saturated rings. The summed E-state index contributed by atoms with van der Waals surface area (Å²) >= 11 is 5.01. The van der Waals surface area contributed by atoms with Crippen LogP contribution in [0.2, 0.25) is 0 Å². The van der Waals surface area contributed by atoms with Gasteiger partial charge in [0.25, 0.3) is 0 Å². The number of nitrogens with zero attached hydrogens (tertiary/aromatic N) is 3. The molecule has 1 aliphatic heterocycles. The van der Waals surface area contributed by atoms with E-state index >= 15 is 0 Å². The van der Waals surface area contributed by atoms with Crippen LogP contribution in [0.4, 0.5) is 14.7 Å². The molecule has 0 unspecified atom stereocenters. The number of thiophene rings is 1. The van der Waals surface area contributed by atoms with Crippen molar-refractivity contribution < 1.29 is 13.5 Å². The number of allylic oxidation sites excluding steroid dienone is 1.